The Bertz CT molecular complexity index is 644. The summed E-state index contributed by atoms with van der Waals surface area (Å²) in [6.45, 7) is 5.17. The number of hydrogen-bond acceptors (Lipinski definition) is 3. The van der Waals surface area contributed by atoms with Crippen LogP contribution >= 0.6 is 0 Å². The Hall–Kier alpha value is -1.95. The van der Waals surface area contributed by atoms with E-state index >= 15 is 0 Å². The molecule has 26 heavy (non-hydrogen) atoms. The molecular weight excluding hydrogens is 333 g/mol. The number of hydrogen-bond donors (Lipinski definition) is 1. The van der Waals surface area contributed by atoms with E-state index in [9.17, 15) is 14.0 Å². The Balaban J connectivity index is 1.48. The summed E-state index contributed by atoms with van der Waals surface area (Å²) in [5.74, 6) is 0.00861. The Morgan fingerprint density at radius 3 is 2.58 bits per heavy atom. The predicted molar refractivity (Wildman–Crippen MR) is 97.8 cm³/mol. The molecule has 3 rings (SSSR count). The first-order valence-electron chi connectivity index (χ1n) is 9.54. The third-order valence-corrected chi connectivity index (χ3v) is 5.51. The van der Waals surface area contributed by atoms with Crippen LogP contribution in [-0.2, 0) is 16.1 Å². The first kappa shape index (κ1) is 18.8. The molecule has 142 valence electrons. The van der Waals surface area contributed by atoms with Gasteiger partial charge in [-0.15, -0.1) is 0 Å². The van der Waals surface area contributed by atoms with Crippen LogP contribution in [0.15, 0.2) is 24.3 Å². The number of benzene rings is 1. The lowest BCUT2D eigenvalue weighted by Gasteiger charge is -2.35. The first-order valence-corrected chi connectivity index (χ1v) is 9.54. The molecule has 0 saturated carbocycles. The van der Waals surface area contributed by atoms with Crippen LogP contribution in [0.25, 0.3) is 0 Å². The number of carbonyl (C=O) groups excluding carboxylic acids is 2. The monoisotopic (exact) mass is 361 g/mol. The third kappa shape index (κ3) is 4.81. The summed E-state index contributed by atoms with van der Waals surface area (Å²) in [4.78, 5) is 28.0. The maximum atomic E-state index is 13.9. The molecule has 6 heteroatoms. The van der Waals surface area contributed by atoms with Crippen molar-refractivity contribution in [3.63, 3.8) is 0 Å². The van der Waals surface area contributed by atoms with E-state index in [4.69, 9.17) is 0 Å². The molecule has 1 atom stereocenters. The van der Waals surface area contributed by atoms with Crippen molar-refractivity contribution in [1.82, 2.24) is 15.1 Å². The second kappa shape index (κ2) is 8.62. The lowest BCUT2D eigenvalue weighted by Crippen LogP contribution is -2.50. The first-order chi connectivity index (χ1) is 12.5. The number of amides is 2. The highest BCUT2D eigenvalue weighted by molar-refractivity contribution is 5.79. The van der Waals surface area contributed by atoms with E-state index in [2.05, 4.69) is 10.2 Å². The zero-order chi connectivity index (χ0) is 18.5. The van der Waals surface area contributed by atoms with E-state index in [1.165, 1.54) is 6.07 Å². The molecule has 1 unspecified atom stereocenters. The second-order valence-electron chi connectivity index (χ2n) is 7.45. The molecule has 0 bridgehead atoms. The van der Waals surface area contributed by atoms with Gasteiger partial charge in [0.2, 0.25) is 11.8 Å². The Morgan fingerprint density at radius 2 is 1.88 bits per heavy atom. The summed E-state index contributed by atoms with van der Waals surface area (Å²) in [6, 6.07) is 6.99. The topological polar surface area (TPSA) is 52.7 Å². The van der Waals surface area contributed by atoms with E-state index in [-0.39, 0.29) is 29.6 Å². The molecule has 2 saturated heterocycles. The van der Waals surface area contributed by atoms with Gasteiger partial charge in [-0.1, -0.05) is 18.2 Å². The van der Waals surface area contributed by atoms with Crippen molar-refractivity contribution in [3.8, 4) is 0 Å². The van der Waals surface area contributed by atoms with Gasteiger partial charge in [0, 0.05) is 50.6 Å². The third-order valence-electron chi connectivity index (χ3n) is 5.51. The van der Waals surface area contributed by atoms with Crippen LogP contribution in [0, 0.1) is 11.7 Å². The fourth-order valence-corrected chi connectivity index (χ4v) is 3.96. The van der Waals surface area contributed by atoms with E-state index < -0.39 is 0 Å². The molecule has 5 nitrogen and oxygen atoms in total. The van der Waals surface area contributed by atoms with Crippen LogP contribution in [0.5, 0.6) is 0 Å². The lowest BCUT2D eigenvalue weighted by molar-refractivity contribution is -0.134. The molecule has 2 heterocycles. The number of nitrogens with zero attached hydrogens (tertiary/aromatic N) is 2. The number of likely N-dealkylation sites (tertiary alicyclic amines) is 2. The standard InChI is InChI=1S/C20H28FN3O2/c1-15(25)24-11-8-16(9-12-24)20(26)22-18-6-4-10-23(14-18)13-17-5-2-3-7-19(17)21/h2-3,5,7,16,18H,4,6,8-14H2,1H3,(H,22,26). The number of piperidine rings is 2. The average Bonchev–Trinajstić information content (AvgIpc) is 2.64. The van der Waals surface area contributed by atoms with Crippen molar-refractivity contribution >= 4 is 11.8 Å². The molecule has 1 aromatic rings. The van der Waals surface area contributed by atoms with Gasteiger partial charge in [-0.05, 0) is 38.3 Å². The van der Waals surface area contributed by atoms with Gasteiger partial charge in [0.25, 0.3) is 0 Å². The van der Waals surface area contributed by atoms with E-state index in [0.717, 1.165) is 38.8 Å². The van der Waals surface area contributed by atoms with Crippen LogP contribution < -0.4 is 5.32 Å². The molecule has 0 radical (unpaired) electrons. The highest BCUT2D eigenvalue weighted by atomic mass is 19.1. The minimum absolute atomic E-state index is 0.00690. The van der Waals surface area contributed by atoms with Gasteiger partial charge in [0.1, 0.15) is 5.82 Å². The molecule has 1 aromatic carbocycles. The molecule has 2 fully saturated rings. The van der Waals surface area contributed by atoms with Crippen LogP contribution in [0.2, 0.25) is 0 Å². The van der Waals surface area contributed by atoms with Crippen molar-refractivity contribution in [1.29, 1.82) is 0 Å². The maximum Gasteiger partial charge on any atom is 0.223 e. The highest BCUT2D eigenvalue weighted by Gasteiger charge is 2.29. The number of nitrogens with one attached hydrogen (secondary N) is 1. The molecular formula is C20H28FN3O2. The van der Waals surface area contributed by atoms with Crippen molar-refractivity contribution in [2.75, 3.05) is 26.2 Å². The molecule has 2 aliphatic rings. The Kier molecular flexibility index (Phi) is 6.25. The van der Waals surface area contributed by atoms with Crippen LogP contribution in [-0.4, -0.2) is 53.8 Å². The summed E-state index contributed by atoms with van der Waals surface area (Å²) in [5, 5.41) is 3.19. The van der Waals surface area contributed by atoms with Crippen molar-refractivity contribution in [2.45, 2.75) is 45.2 Å². The molecule has 0 aliphatic carbocycles. The number of carbonyl (C=O) groups is 2. The molecule has 1 N–H and O–H groups in total. The predicted octanol–water partition coefficient (Wildman–Crippen LogP) is 2.16. The zero-order valence-electron chi connectivity index (χ0n) is 15.4. The summed E-state index contributed by atoms with van der Waals surface area (Å²) >= 11 is 0. The molecule has 0 spiro atoms. The van der Waals surface area contributed by atoms with Gasteiger partial charge in [-0.2, -0.15) is 0 Å². The molecule has 2 aliphatic heterocycles. The van der Waals surface area contributed by atoms with Gasteiger partial charge in [0.05, 0.1) is 0 Å². The Morgan fingerprint density at radius 1 is 1.15 bits per heavy atom. The average molecular weight is 361 g/mol. The number of rotatable bonds is 4. The quantitative estimate of drug-likeness (QED) is 0.894. The normalized spacial score (nSPS) is 22.2. The van der Waals surface area contributed by atoms with E-state index in [1.54, 1.807) is 17.9 Å². The van der Waals surface area contributed by atoms with Gasteiger partial charge in [-0.3, -0.25) is 14.5 Å². The summed E-state index contributed by atoms with van der Waals surface area (Å²) in [7, 11) is 0. The van der Waals surface area contributed by atoms with Gasteiger partial charge < -0.3 is 10.2 Å². The zero-order valence-corrected chi connectivity index (χ0v) is 15.4. The SMILES string of the molecule is CC(=O)N1CCC(C(=O)NC2CCCN(Cc3ccccc3F)C2)CC1. The van der Waals surface area contributed by atoms with Crippen LogP contribution in [0.3, 0.4) is 0 Å². The minimum atomic E-state index is -0.170. The maximum absolute atomic E-state index is 13.9. The van der Waals surface area contributed by atoms with Crippen molar-refractivity contribution in [3.05, 3.63) is 35.6 Å². The van der Waals surface area contributed by atoms with Crippen molar-refractivity contribution < 1.29 is 14.0 Å². The van der Waals surface area contributed by atoms with E-state index in [1.807, 2.05) is 12.1 Å². The molecule has 0 aromatic heterocycles. The lowest BCUT2D eigenvalue weighted by atomic mass is 9.95. The van der Waals surface area contributed by atoms with Crippen LogP contribution in [0.1, 0.15) is 38.2 Å². The minimum Gasteiger partial charge on any atom is -0.352 e. The molecule has 2 amide bonds. The summed E-state index contributed by atoms with van der Waals surface area (Å²) in [5.41, 5.74) is 0.705. The second-order valence-corrected chi connectivity index (χ2v) is 7.45. The van der Waals surface area contributed by atoms with Gasteiger partial charge in [0.15, 0.2) is 0 Å². The van der Waals surface area contributed by atoms with Crippen LogP contribution in [0.4, 0.5) is 4.39 Å². The van der Waals surface area contributed by atoms with Crippen molar-refractivity contribution in [2.24, 2.45) is 5.92 Å². The summed E-state index contributed by atoms with van der Waals surface area (Å²) in [6.07, 6.45) is 3.43. The smallest absolute Gasteiger partial charge is 0.223 e. The fraction of sp³-hybridized carbons (Fsp3) is 0.600. The fourth-order valence-electron chi connectivity index (χ4n) is 3.96. The number of halogens is 1. The van der Waals surface area contributed by atoms with E-state index in [0.29, 0.717) is 25.2 Å². The Labute approximate surface area is 154 Å². The highest BCUT2D eigenvalue weighted by Crippen LogP contribution is 2.20. The summed E-state index contributed by atoms with van der Waals surface area (Å²) < 4.78 is 13.9. The van der Waals surface area contributed by atoms with Gasteiger partial charge >= 0.3 is 0 Å². The largest absolute Gasteiger partial charge is 0.352 e. The van der Waals surface area contributed by atoms with Gasteiger partial charge in [-0.25, -0.2) is 4.39 Å².